The number of nitrogens with one attached hydrogen (secondary N) is 2. The lowest BCUT2D eigenvalue weighted by molar-refractivity contribution is -0.139. The highest BCUT2D eigenvalue weighted by Crippen LogP contribution is 2.29. The number of halogens is 1. The molecule has 0 aromatic heterocycles. The Kier molecular flexibility index (Phi) is 5.63. The molecule has 31 heavy (non-hydrogen) atoms. The summed E-state index contributed by atoms with van der Waals surface area (Å²) in [6.07, 6.45) is 1.93. The SMILES string of the molecule is COC(=O)c1ccc(NC(=O)CN2N=CN3NC(c4ccc(F)cc4)CC3C2=O)cc1. The first-order valence-corrected chi connectivity index (χ1v) is 9.58. The second-order valence-electron chi connectivity index (χ2n) is 7.14. The summed E-state index contributed by atoms with van der Waals surface area (Å²) in [5, 5.41) is 9.46. The van der Waals surface area contributed by atoms with Gasteiger partial charge in [-0.2, -0.15) is 5.10 Å². The summed E-state index contributed by atoms with van der Waals surface area (Å²) in [6, 6.07) is 11.6. The average Bonchev–Trinajstić information content (AvgIpc) is 3.21. The van der Waals surface area contributed by atoms with Gasteiger partial charge < -0.3 is 10.1 Å². The van der Waals surface area contributed by atoms with Crippen molar-refractivity contribution < 1.29 is 23.5 Å². The molecule has 4 rings (SSSR count). The van der Waals surface area contributed by atoms with E-state index in [0.29, 0.717) is 17.7 Å². The number of carbonyl (C=O) groups excluding carboxylic acids is 3. The maximum absolute atomic E-state index is 13.2. The molecule has 1 saturated heterocycles. The number of fused-ring (bicyclic) bond motifs is 1. The minimum atomic E-state index is -0.514. The number of rotatable bonds is 5. The molecule has 0 saturated carbocycles. The summed E-state index contributed by atoms with van der Waals surface area (Å²) < 4.78 is 17.8. The van der Waals surface area contributed by atoms with Crippen molar-refractivity contribution >= 4 is 29.8 Å². The Bertz CT molecular complexity index is 1030. The smallest absolute Gasteiger partial charge is 0.337 e. The fourth-order valence-electron chi connectivity index (χ4n) is 3.51. The second kappa shape index (κ2) is 8.52. The zero-order chi connectivity index (χ0) is 22.0. The normalized spacial score (nSPS) is 19.9. The van der Waals surface area contributed by atoms with Gasteiger partial charge in [-0.1, -0.05) is 12.1 Å². The number of carbonyl (C=O) groups is 3. The van der Waals surface area contributed by atoms with Crippen LogP contribution in [0.15, 0.2) is 53.6 Å². The molecule has 10 heteroatoms. The average molecular weight is 425 g/mol. The molecule has 2 unspecified atom stereocenters. The number of hydrogen-bond acceptors (Lipinski definition) is 7. The number of amides is 2. The van der Waals surface area contributed by atoms with Crippen LogP contribution in [0.1, 0.15) is 28.4 Å². The van der Waals surface area contributed by atoms with Crippen LogP contribution in [0.2, 0.25) is 0 Å². The van der Waals surface area contributed by atoms with Crippen LogP contribution in [-0.2, 0) is 14.3 Å². The summed E-state index contributed by atoms with van der Waals surface area (Å²) >= 11 is 0. The van der Waals surface area contributed by atoms with Crippen molar-refractivity contribution in [2.75, 3.05) is 19.0 Å². The summed E-state index contributed by atoms with van der Waals surface area (Å²) in [6.45, 7) is -0.250. The third-order valence-electron chi connectivity index (χ3n) is 5.11. The lowest BCUT2D eigenvalue weighted by Gasteiger charge is -2.29. The minimum Gasteiger partial charge on any atom is -0.465 e. The summed E-state index contributed by atoms with van der Waals surface area (Å²) in [5.74, 6) is -1.53. The number of anilines is 1. The molecule has 9 nitrogen and oxygen atoms in total. The number of hydrazone groups is 1. The van der Waals surface area contributed by atoms with Gasteiger partial charge in [-0.25, -0.2) is 19.6 Å². The highest BCUT2D eigenvalue weighted by atomic mass is 19.1. The van der Waals surface area contributed by atoms with E-state index >= 15 is 0 Å². The van der Waals surface area contributed by atoms with Gasteiger partial charge in [0.05, 0.1) is 18.7 Å². The number of ether oxygens (including phenoxy) is 1. The van der Waals surface area contributed by atoms with Crippen molar-refractivity contribution in [1.82, 2.24) is 15.4 Å². The van der Waals surface area contributed by atoms with Gasteiger partial charge in [0.2, 0.25) is 5.91 Å². The molecule has 0 aliphatic carbocycles. The van der Waals surface area contributed by atoms with Gasteiger partial charge >= 0.3 is 5.97 Å². The lowest BCUT2D eigenvalue weighted by Crippen LogP contribution is -2.52. The van der Waals surface area contributed by atoms with E-state index in [1.54, 1.807) is 29.3 Å². The molecule has 0 spiro atoms. The van der Waals surface area contributed by atoms with Crippen LogP contribution in [-0.4, -0.2) is 53.8 Å². The number of hydrogen-bond donors (Lipinski definition) is 2. The molecular weight excluding hydrogens is 405 g/mol. The summed E-state index contributed by atoms with van der Waals surface area (Å²) in [4.78, 5) is 36.7. The molecular formula is C21H20FN5O4. The van der Waals surface area contributed by atoms with Gasteiger partial charge in [0.15, 0.2) is 0 Å². The molecule has 2 amide bonds. The Balaban J connectivity index is 1.36. The molecule has 0 radical (unpaired) electrons. The van der Waals surface area contributed by atoms with E-state index in [1.807, 2.05) is 0 Å². The minimum absolute atomic E-state index is 0.164. The Morgan fingerprint density at radius 1 is 1.19 bits per heavy atom. The monoisotopic (exact) mass is 425 g/mol. The van der Waals surface area contributed by atoms with E-state index in [9.17, 15) is 18.8 Å². The van der Waals surface area contributed by atoms with Gasteiger partial charge in [-0.3, -0.25) is 14.6 Å². The number of hydrazine groups is 1. The van der Waals surface area contributed by atoms with Crippen molar-refractivity contribution in [2.45, 2.75) is 18.5 Å². The quantitative estimate of drug-likeness (QED) is 0.707. The molecule has 0 bridgehead atoms. The highest BCUT2D eigenvalue weighted by molar-refractivity contribution is 5.97. The third kappa shape index (κ3) is 4.38. The second-order valence-corrected chi connectivity index (χ2v) is 7.14. The third-order valence-corrected chi connectivity index (χ3v) is 5.11. The molecule has 2 aromatic rings. The van der Waals surface area contributed by atoms with E-state index in [-0.39, 0.29) is 24.3 Å². The zero-order valence-electron chi connectivity index (χ0n) is 16.6. The van der Waals surface area contributed by atoms with Crippen molar-refractivity contribution in [3.05, 3.63) is 65.5 Å². The number of nitrogens with zero attached hydrogens (tertiary/aromatic N) is 3. The first kappa shape index (κ1) is 20.5. The van der Waals surface area contributed by atoms with Crippen LogP contribution in [0.3, 0.4) is 0 Å². The number of methoxy groups -OCH3 is 1. The summed E-state index contributed by atoms with van der Waals surface area (Å²) in [7, 11) is 1.29. The van der Waals surface area contributed by atoms with Crippen molar-refractivity contribution in [3.63, 3.8) is 0 Å². The van der Waals surface area contributed by atoms with E-state index in [4.69, 9.17) is 0 Å². The van der Waals surface area contributed by atoms with Crippen LogP contribution in [0.25, 0.3) is 0 Å². The Morgan fingerprint density at radius 2 is 1.90 bits per heavy atom. The van der Waals surface area contributed by atoms with Gasteiger partial charge in [-0.15, -0.1) is 0 Å². The van der Waals surface area contributed by atoms with Crippen molar-refractivity contribution in [2.24, 2.45) is 5.10 Å². The maximum atomic E-state index is 13.2. The van der Waals surface area contributed by atoms with E-state index in [1.165, 1.54) is 37.7 Å². The van der Waals surface area contributed by atoms with Gasteiger partial charge in [0.25, 0.3) is 5.91 Å². The number of esters is 1. The molecule has 2 heterocycles. The van der Waals surface area contributed by atoms with Crippen molar-refractivity contribution in [1.29, 1.82) is 0 Å². The fourth-order valence-corrected chi connectivity index (χ4v) is 3.51. The van der Waals surface area contributed by atoms with Gasteiger partial charge in [-0.05, 0) is 48.4 Å². The summed E-state index contributed by atoms with van der Waals surface area (Å²) in [5.41, 5.74) is 4.87. The Hall–Kier alpha value is -3.79. The van der Waals surface area contributed by atoms with Crippen LogP contribution >= 0.6 is 0 Å². The Labute approximate surface area is 177 Å². The lowest BCUT2D eigenvalue weighted by atomic mass is 10.0. The topological polar surface area (TPSA) is 103 Å². The molecule has 2 aliphatic rings. The highest BCUT2D eigenvalue weighted by Gasteiger charge is 2.41. The fraction of sp³-hybridized carbons (Fsp3) is 0.238. The first-order valence-electron chi connectivity index (χ1n) is 9.58. The molecule has 2 atom stereocenters. The predicted octanol–water partition coefficient (Wildman–Crippen LogP) is 1.66. The van der Waals surface area contributed by atoms with Crippen LogP contribution in [0, 0.1) is 5.82 Å². The zero-order valence-corrected chi connectivity index (χ0v) is 16.6. The van der Waals surface area contributed by atoms with Crippen molar-refractivity contribution in [3.8, 4) is 0 Å². The molecule has 2 aromatic carbocycles. The molecule has 1 fully saturated rings. The predicted molar refractivity (Wildman–Crippen MR) is 109 cm³/mol. The maximum Gasteiger partial charge on any atom is 0.337 e. The van der Waals surface area contributed by atoms with Crippen LogP contribution < -0.4 is 10.7 Å². The van der Waals surface area contributed by atoms with Gasteiger partial charge in [0.1, 0.15) is 24.7 Å². The Morgan fingerprint density at radius 3 is 2.58 bits per heavy atom. The molecule has 160 valence electrons. The first-order chi connectivity index (χ1) is 14.9. The largest absolute Gasteiger partial charge is 0.465 e. The number of benzene rings is 2. The molecule has 2 aliphatic heterocycles. The van der Waals surface area contributed by atoms with E-state index in [0.717, 1.165) is 10.6 Å². The van der Waals surface area contributed by atoms with Crippen LogP contribution in [0.5, 0.6) is 0 Å². The van der Waals surface area contributed by atoms with E-state index < -0.39 is 17.9 Å². The van der Waals surface area contributed by atoms with E-state index in [2.05, 4.69) is 20.6 Å². The van der Waals surface area contributed by atoms with Gasteiger partial charge in [0, 0.05) is 5.69 Å². The standard InChI is InChI=1S/C21H20FN5O4/c1-31-21(30)14-4-8-16(9-5-14)24-19(28)11-26-20(29)18-10-17(25-27(18)12-23-26)13-2-6-15(22)7-3-13/h2-9,12,17-18,25H,10-11H2,1H3,(H,24,28). The molecule has 2 N–H and O–H groups in total. The van der Waals surface area contributed by atoms with Crippen LogP contribution in [0.4, 0.5) is 10.1 Å².